The van der Waals surface area contributed by atoms with Crippen molar-refractivity contribution < 1.29 is 24.3 Å². The molecule has 0 radical (unpaired) electrons. The van der Waals surface area contributed by atoms with Crippen LogP contribution < -0.4 is 15.4 Å². The largest absolute Gasteiger partial charge is 0.490 e. The van der Waals surface area contributed by atoms with Gasteiger partial charge in [-0.1, -0.05) is 12.1 Å². The summed E-state index contributed by atoms with van der Waals surface area (Å²) in [5.74, 6) is 1.30. The van der Waals surface area contributed by atoms with E-state index < -0.39 is 18.6 Å². The number of rotatable bonds is 11. The number of aliphatic hydroxyl groups excluding tert-OH is 2. The minimum atomic E-state index is -0.915. The van der Waals surface area contributed by atoms with Gasteiger partial charge in [-0.3, -0.25) is 4.79 Å². The number of aryl methyl sites for hydroxylation is 3. The molecule has 4 N–H and O–H groups in total. The van der Waals surface area contributed by atoms with Gasteiger partial charge in [0.2, 0.25) is 17.7 Å². The smallest absolute Gasteiger partial charge is 0.277 e. The summed E-state index contributed by atoms with van der Waals surface area (Å²) in [7, 11) is 0. The van der Waals surface area contributed by atoms with Gasteiger partial charge in [0, 0.05) is 24.3 Å². The second-order valence-corrected chi connectivity index (χ2v) is 7.93. The second kappa shape index (κ2) is 11.5. The maximum atomic E-state index is 11.1. The molecule has 11 heteroatoms. The van der Waals surface area contributed by atoms with Crippen molar-refractivity contribution in [1.82, 2.24) is 25.4 Å². The summed E-state index contributed by atoms with van der Waals surface area (Å²) in [6.45, 7) is 7.81. The Balaban J connectivity index is 1.73. The van der Waals surface area contributed by atoms with E-state index in [0.717, 1.165) is 35.3 Å². The van der Waals surface area contributed by atoms with E-state index in [1.165, 1.54) is 0 Å². The number of ether oxygens (including phenoxy) is 1. The lowest BCUT2D eigenvalue weighted by Gasteiger charge is -2.16. The Morgan fingerprint density at radius 2 is 1.88 bits per heavy atom. The van der Waals surface area contributed by atoms with Crippen molar-refractivity contribution in [2.75, 3.05) is 31.6 Å². The fraction of sp³-hybridized carbons (Fsp3) is 0.435. The molecule has 0 aliphatic carbocycles. The Morgan fingerprint density at radius 3 is 2.56 bits per heavy atom. The first kappa shape index (κ1) is 25.1. The summed E-state index contributed by atoms with van der Waals surface area (Å²) < 4.78 is 11.2. The average molecular weight is 471 g/mol. The third-order valence-corrected chi connectivity index (χ3v) is 4.85. The topological polar surface area (TPSA) is 156 Å². The molecular formula is C23H30N6O5. The molecule has 11 nitrogen and oxygen atoms in total. The molecule has 0 fully saturated rings. The van der Waals surface area contributed by atoms with E-state index in [2.05, 4.69) is 37.7 Å². The quantitative estimate of drug-likeness (QED) is 0.326. The van der Waals surface area contributed by atoms with E-state index in [1.54, 1.807) is 6.07 Å². The van der Waals surface area contributed by atoms with Gasteiger partial charge in [-0.25, -0.2) is 9.97 Å². The molecule has 0 unspecified atom stereocenters. The van der Waals surface area contributed by atoms with Crippen molar-refractivity contribution >= 4 is 11.9 Å². The molecule has 0 aliphatic rings. The molecule has 34 heavy (non-hydrogen) atoms. The van der Waals surface area contributed by atoms with Gasteiger partial charge >= 0.3 is 0 Å². The minimum absolute atomic E-state index is 0.0133. The molecule has 3 aromatic rings. The fourth-order valence-corrected chi connectivity index (χ4v) is 3.27. The highest BCUT2D eigenvalue weighted by atomic mass is 16.5. The molecular weight excluding hydrogens is 440 g/mol. The summed E-state index contributed by atoms with van der Waals surface area (Å²) in [6.07, 6.45) is 0.0383. The van der Waals surface area contributed by atoms with Gasteiger partial charge in [-0.05, 0) is 56.5 Å². The summed E-state index contributed by atoms with van der Waals surface area (Å²) in [6, 6.07) is 5.53. The molecule has 2 aromatic heterocycles. The lowest BCUT2D eigenvalue weighted by atomic mass is 10.1. The van der Waals surface area contributed by atoms with Gasteiger partial charge in [-0.15, -0.1) is 0 Å². The van der Waals surface area contributed by atoms with Gasteiger partial charge < -0.3 is 30.1 Å². The predicted molar refractivity (Wildman–Crippen MR) is 125 cm³/mol. The normalized spacial score (nSPS) is 11.8. The molecule has 0 saturated carbocycles. The monoisotopic (exact) mass is 470 g/mol. The number of nitrogens with one attached hydrogen (secondary N) is 2. The van der Waals surface area contributed by atoms with Crippen molar-refractivity contribution in [3.05, 3.63) is 35.0 Å². The molecule has 2 heterocycles. The number of anilines is 1. The number of nitrogens with zero attached hydrogens (tertiary/aromatic N) is 4. The summed E-state index contributed by atoms with van der Waals surface area (Å²) >= 11 is 0. The summed E-state index contributed by atoms with van der Waals surface area (Å²) in [4.78, 5) is 24.4. The van der Waals surface area contributed by atoms with Crippen molar-refractivity contribution in [3.63, 3.8) is 0 Å². The van der Waals surface area contributed by atoms with Gasteiger partial charge in [-0.2, -0.15) is 4.98 Å². The lowest BCUT2D eigenvalue weighted by Crippen LogP contribution is -2.36. The molecule has 0 aliphatic heterocycles. The van der Waals surface area contributed by atoms with E-state index in [9.17, 15) is 9.90 Å². The number of hydrogen-bond acceptors (Lipinski definition) is 10. The first-order valence-electron chi connectivity index (χ1n) is 11.0. The standard InChI is InChI=1S/C23H30N6O5/c1-5-6-24-23-26-15(4)9-18(27-23)22-28-21(29-34-22)16-7-13(2)20(14(3)8-16)33-12-17(31)10-25-19(32)11-30/h7-9,17,30-31H,5-6,10-12H2,1-4H3,(H,25,32)(H,24,26,27)/t17-/m1/s1. The number of benzene rings is 1. The molecule has 3 rings (SSSR count). The van der Waals surface area contributed by atoms with Crippen LogP contribution in [0.4, 0.5) is 5.95 Å². The Morgan fingerprint density at radius 1 is 1.15 bits per heavy atom. The first-order valence-corrected chi connectivity index (χ1v) is 11.0. The minimum Gasteiger partial charge on any atom is -0.490 e. The van der Waals surface area contributed by atoms with E-state index in [-0.39, 0.29) is 13.2 Å². The maximum absolute atomic E-state index is 11.1. The average Bonchev–Trinajstić information content (AvgIpc) is 3.30. The molecule has 182 valence electrons. The number of carbonyl (C=O) groups is 1. The lowest BCUT2D eigenvalue weighted by molar-refractivity contribution is -0.124. The van der Waals surface area contributed by atoms with Crippen LogP contribution in [0, 0.1) is 20.8 Å². The van der Waals surface area contributed by atoms with Crippen LogP contribution in [0.2, 0.25) is 0 Å². The number of aliphatic hydroxyl groups is 2. The van der Waals surface area contributed by atoms with Crippen LogP contribution in [0.3, 0.4) is 0 Å². The SMILES string of the molecule is CCCNc1nc(C)cc(-c2nc(-c3cc(C)c(OC[C@H](O)CNC(=O)CO)c(C)c3)no2)n1. The van der Waals surface area contributed by atoms with Crippen LogP contribution in [-0.2, 0) is 4.79 Å². The van der Waals surface area contributed by atoms with Crippen molar-refractivity contribution in [1.29, 1.82) is 0 Å². The van der Waals surface area contributed by atoms with Gasteiger partial charge in [0.1, 0.15) is 30.8 Å². The zero-order chi connectivity index (χ0) is 24.7. The van der Waals surface area contributed by atoms with E-state index in [0.29, 0.717) is 29.1 Å². The Labute approximate surface area is 197 Å². The Bertz CT molecular complexity index is 1110. The zero-order valence-electron chi connectivity index (χ0n) is 19.8. The molecule has 0 bridgehead atoms. The first-order chi connectivity index (χ1) is 16.3. The molecule has 0 saturated heterocycles. The zero-order valence-corrected chi connectivity index (χ0v) is 19.8. The third kappa shape index (κ3) is 6.49. The number of carbonyl (C=O) groups excluding carboxylic acids is 1. The number of aromatic nitrogens is 4. The van der Waals surface area contributed by atoms with Crippen LogP contribution in [0.25, 0.3) is 23.0 Å². The summed E-state index contributed by atoms with van der Waals surface area (Å²) in [5.41, 5.74) is 3.74. The Kier molecular flexibility index (Phi) is 8.50. The van der Waals surface area contributed by atoms with E-state index in [4.69, 9.17) is 14.4 Å². The second-order valence-electron chi connectivity index (χ2n) is 7.93. The van der Waals surface area contributed by atoms with Crippen LogP contribution >= 0.6 is 0 Å². The van der Waals surface area contributed by atoms with E-state index in [1.807, 2.05) is 32.9 Å². The van der Waals surface area contributed by atoms with E-state index >= 15 is 0 Å². The highest BCUT2D eigenvalue weighted by molar-refractivity contribution is 5.76. The maximum Gasteiger partial charge on any atom is 0.277 e. The van der Waals surface area contributed by atoms with Crippen molar-refractivity contribution in [3.8, 4) is 28.7 Å². The van der Waals surface area contributed by atoms with Crippen molar-refractivity contribution in [2.24, 2.45) is 0 Å². The van der Waals surface area contributed by atoms with Crippen LogP contribution in [0.5, 0.6) is 5.75 Å². The van der Waals surface area contributed by atoms with Gasteiger partial charge in [0.25, 0.3) is 5.89 Å². The molecule has 1 aromatic carbocycles. The van der Waals surface area contributed by atoms with Gasteiger partial charge in [0.15, 0.2) is 0 Å². The number of amides is 1. The molecule has 0 spiro atoms. The van der Waals surface area contributed by atoms with Crippen molar-refractivity contribution in [2.45, 2.75) is 40.2 Å². The van der Waals surface area contributed by atoms with Gasteiger partial charge in [0.05, 0.1) is 0 Å². The van der Waals surface area contributed by atoms with Crippen LogP contribution in [0.1, 0.15) is 30.2 Å². The third-order valence-electron chi connectivity index (χ3n) is 4.85. The molecule has 1 amide bonds. The number of hydrogen-bond donors (Lipinski definition) is 4. The molecule has 1 atom stereocenters. The predicted octanol–water partition coefficient (Wildman–Crippen LogP) is 1.79. The highest BCUT2D eigenvalue weighted by Gasteiger charge is 2.17. The Hall–Kier alpha value is -3.57. The van der Waals surface area contributed by atoms with Crippen LogP contribution in [-0.4, -0.2) is 68.6 Å². The highest BCUT2D eigenvalue weighted by Crippen LogP contribution is 2.30. The fourth-order valence-electron chi connectivity index (χ4n) is 3.27. The summed E-state index contributed by atoms with van der Waals surface area (Å²) in [5, 5.41) is 28.4. The van der Waals surface area contributed by atoms with Crippen LogP contribution in [0.15, 0.2) is 22.7 Å².